The molecule has 0 saturated carbocycles. The highest BCUT2D eigenvalue weighted by molar-refractivity contribution is 5.58. The number of anilines is 2. The fourth-order valence-electron chi connectivity index (χ4n) is 3.07. The number of benzene rings is 1. The zero-order valence-electron chi connectivity index (χ0n) is 12.9. The molecule has 1 saturated heterocycles. The van der Waals surface area contributed by atoms with E-state index in [9.17, 15) is 0 Å². The molecule has 0 N–H and O–H groups in total. The van der Waals surface area contributed by atoms with Crippen molar-refractivity contribution in [3.8, 4) is 0 Å². The highest BCUT2D eigenvalue weighted by atomic mass is 15.2. The Kier molecular flexibility index (Phi) is 4.20. The normalized spacial score (nSPS) is 19.4. The van der Waals surface area contributed by atoms with Crippen molar-refractivity contribution in [1.29, 1.82) is 0 Å². The molecule has 110 valence electrons. The van der Waals surface area contributed by atoms with E-state index in [1.807, 2.05) is 12.3 Å². The van der Waals surface area contributed by atoms with Crippen LogP contribution in [0.3, 0.4) is 0 Å². The lowest BCUT2D eigenvalue weighted by Gasteiger charge is -2.32. The SMILES string of the molecule is CN(c1ccccc1)c1ccc(C2CCCCN2C)cn1. The summed E-state index contributed by atoms with van der Waals surface area (Å²) in [6, 6.07) is 15.2. The molecule has 1 unspecified atom stereocenters. The molecule has 3 heteroatoms. The molecule has 21 heavy (non-hydrogen) atoms. The van der Waals surface area contributed by atoms with E-state index in [-0.39, 0.29) is 0 Å². The molecule has 3 rings (SSSR count). The highest BCUT2D eigenvalue weighted by Gasteiger charge is 2.20. The van der Waals surface area contributed by atoms with Crippen LogP contribution in [-0.2, 0) is 0 Å². The van der Waals surface area contributed by atoms with E-state index in [2.05, 4.69) is 65.3 Å². The van der Waals surface area contributed by atoms with Gasteiger partial charge in [-0.25, -0.2) is 4.98 Å². The van der Waals surface area contributed by atoms with E-state index in [4.69, 9.17) is 0 Å². The molecule has 3 nitrogen and oxygen atoms in total. The molecular weight excluding hydrogens is 258 g/mol. The van der Waals surface area contributed by atoms with Crippen LogP contribution in [0, 0.1) is 0 Å². The van der Waals surface area contributed by atoms with E-state index >= 15 is 0 Å². The monoisotopic (exact) mass is 281 g/mol. The maximum Gasteiger partial charge on any atom is 0.132 e. The molecule has 0 aliphatic carbocycles. The molecule has 1 aliphatic rings. The summed E-state index contributed by atoms with van der Waals surface area (Å²) in [6.07, 6.45) is 5.92. The van der Waals surface area contributed by atoms with E-state index < -0.39 is 0 Å². The number of aromatic nitrogens is 1. The minimum Gasteiger partial charge on any atom is -0.329 e. The van der Waals surface area contributed by atoms with Crippen LogP contribution in [0.25, 0.3) is 0 Å². The van der Waals surface area contributed by atoms with E-state index in [0.717, 1.165) is 11.5 Å². The number of likely N-dealkylation sites (tertiary alicyclic amines) is 1. The van der Waals surface area contributed by atoms with Gasteiger partial charge in [-0.1, -0.05) is 30.7 Å². The topological polar surface area (TPSA) is 19.4 Å². The quantitative estimate of drug-likeness (QED) is 0.847. The number of hydrogen-bond donors (Lipinski definition) is 0. The number of piperidine rings is 1. The Bertz CT molecular complexity index is 565. The molecule has 0 radical (unpaired) electrons. The molecular formula is C18H23N3. The second-order valence-corrected chi connectivity index (χ2v) is 5.84. The van der Waals surface area contributed by atoms with Crippen LogP contribution < -0.4 is 4.90 Å². The third-order valence-electron chi connectivity index (χ3n) is 4.41. The van der Waals surface area contributed by atoms with Gasteiger partial charge in [-0.05, 0) is 50.2 Å². The zero-order chi connectivity index (χ0) is 14.7. The molecule has 0 bridgehead atoms. The summed E-state index contributed by atoms with van der Waals surface area (Å²) in [5.74, 6) is 0.989. The largest absolute Gasteiger partial charge is 0.329 e. The Morgan fingerprint density at radius 2 is 1.90 bits per heavy atom. The second kappa shape index (κ2) is 6.27. The minimum atomic E-state index is 0.530. The zero-order valence-corrected chi connectivity index (χ0v) is 12.9. The number of para-hydroxylation sites is 1. The Hall–Kier alpha value is -1.87. The van der Waals surface area contributed by atoms with Crippen molar-refractivity contribution in [3.63, 3.8) is 0 Å². The molecule has 1 fully saturated rings. The summed E-state index contributed by atoms with van der Waals surface area (Å²) >= 11 is 0. The maximum absolute atomic E-state index is 4.66. The Morgan fingerprint density at radius 1 is 1.10 bits per heavy atom. The lowest BCUT2D eigenvalue weighted by atomic mass is 9.97. The van der Waals surface area contributed by atoms with E-state index in [1.54, 1.807) is 0 Å². The third-order valence-corrected chi connectivity index (χ3v) is 4.41. The molecule has 2 aromatic rings. The second-order valence-electron chi connectivity index (χ2n) is 5.84. The molecule has 1 aromatic heterocycles. The van der Waals surface area contributed by atoms with Crippen LogP contribution in [0.1, 0.15) is 30.9 Å². The number of pyridine rings is 1. The fraction of sp³-hybridized carbons (Fsp3) is 0.389. The molecule has 1 aliphatic heterocycles. The van der Waals surface area contributed by atoms with Crippen LogP contribution >= 0.6 is 0 Å². The van der Waals surface area contributed by atoms with Crippen LogP contribution in [-0.4, -0.2) is 30.5 Å². The number of nitrogens with zero attached hydrogens (tertiary/aromatic N) is 3. The predicted molar refractivity (Wildman–Crippen MR) is 88.0 cm³/mol. The highest BCUT2D eigenvalue weighted by Crippen LogP contribution is 2.30. The number of rotatable bonds is 3. The predicted octanol–water partition coefficient (Wildman–Crippen LogP) is 4.01. The van der Waals surface area contributed by atoms with Crippen molar-refractivity contribution >= 4 is 11.5 Å². The van der Waals surface area contributed by atoms with Gasteiger partial charge in [0.25, 0.3) is 0 Å². The summed E-state index contributed by atoms with van der Waals surface area (Å²) in [4.78, 5) is 9.23. The average molecular weight is 281 g/mol. The molecule has 2 heterocycles. The van der Waals surface area contributed by atoms with Gasteiger partial charge in [-0.3, -0.25) is 4.90 Å². The van der Waals surface area contributed by atoms with E-state index in [0.29, 0.717) is 6.04 Å². The molecule has 0 spiro atoms. The standard InChI is InChI=1S/C18H23N3/c1-20-13-7-6-10-17(20)15-11-12-18(19-14-15)21(2)16-8-4-3-5-9-16/h3-5,8-9,11-12,14,17H,6-7,10,13H2,1-2H3. The number of hydrogen-bond acceptors (Lipinski definition) is 3. The first kappa shape index (κ1) is 14.1. The van der Waals surface area contributed by atoms with Gasteiger partial charge < -0.3 is 4.90 Å². The van der Waals surface area contributed by atoms with Gasteiger partial charge >= 0.3 is 0 Å². The lowest BCUT2D eigenvalue weighted by Crippen LogP contribution is -2.29. The van der Waals surface area contributed by atoms with Gasteiger partial charge in [0, 0.05) is 25.0 Å². The van der Waals surface area contributed by atoms with E-state index in [1.165, 1.54) is 31.4 Å². The first-order valence-electron chi connectivity index (χ1n) is 7.70. The summed E-state index contributed by atoms with van der Waals surface area (Å²) < 4.78 is 0. The van der Waals surface area contributed by atoms with Crippen LogP contribution in [0.5, 0.6) is 0 Å². The summed E-state index contributed by atoms with van der Waals surface area (Å²) in [6.45, 7) is 1.19. The van der Waals surface area contributed by atoms with Crippen molar-refractivity contribution in [1.82, 2.24) is 9.88 Å². The lowest BCUT2D eigenvalue weighted by molar-refractivity contribution is 0.187. The van der Waals surface area contributed by atoms with Gasteiger partial charge in [0.05, 0.1) is 0 Å². The summed E-state index contributed by atoms with van der Waals surface area (Å²) in [5, 5.41) is 0. The summed E-state index contributed by atoms with van der Waals surface area (Å²) in [5.41, 5.74) is 2.50. The molecule has 1 aromatic carbocycles. The van der Waals surface area contributed by atoms with Gasteiger partial charge in [0.1, 0.15) is 5.82 Å². The fourth-order valence-corrected chi connectivity index (χ4v) is 3.07. The van der Waals surface area contributed by atoms with Crippen molar-refractivity contribution < 1.29 is 0 Å². The van der Waals surface area contributed by atoms with Gasteiger partial charge in [-0.2, -0.15) is 0 Å². The molecule has 0 amide bonds. The van der Waals surface area contributed by atoms with Crippen molar-refractivity contribution in [2.24, 2.45) is 0 Å². The van der Waals surface area contributed by atoms with Crippen molar-refractivity contribution in [3.05, 3.63) is 54.2 Å². The Labute approximate surface area is 127 Å². The van der Waals surface area contributed by atoms with Crippen LogP contribution in [0.4, 0.5) is 11.5 Å². The van der Waals surface area contributed by atoms with Crippen LogP contribution in [0.15, 0.2) is 48.7 Å². The maximum atomic E-state index is 4.66. The average Bonchev–Trinajstić information content (AvgIpc) is 2.56. The first-order chi connectivity index (χ1) is 10.3. The third kappa shape index (κ3) is 3.08. The van der Waals surface area contributed by atoms with Gasteiger partial charge in [0.2, 0.25) is 0 Å². The van der Waals surface area contributed by atoms with Crippen molar-refractivity contribution in [2.45, 2.75) is 25.3 Å². The smallest absolute Gasteiger partial charge is 0.132 e. The minimum absolute atomic E-state index is 0.530. The molecule has 1 atom stereocenters. The Balaban J connectivity index is 1.77. The van der Waals surface area contributed by atoms with Crippen molar-refractivity contribution in [2.75, 3.05) is 25.5 Å². The first-order valence-corrected chi connectivity index (χ1v) is 7.70. The summed E-state index contributed by atoms with van der Waals surface area (Å²) in [7, 11) is 4.28. The van der Waals surface area contributed by atoms with Gasteiger partial charge in [-0.15, -0.1) is 0 Å². The Morgan fingerprint density at radius 3 is 2.57 bits per heavy atom. The van der Waals surface area contributed by atoms with Gasteiger partial charge in [0.15, 0.2) is 0 Å². The van der Waals surface area contributed by atoms with Crippen LogP contribution in [0.2, 0.25) is 0 Å².